The zero-order valence-corrected chi connectivity index (χ0v) is 20.0. The number of rotatable bonds is 14. The van der Waals surface area contributed by atoms with E-state index in [-0.39, 0.29) is 0 Å². The van der Waals surface area contributed by atoms with Crippen molar-refractivity contribution in [3.05, 3.63) is 73.0 Å². The average Bonchev–Trinajstić information content (AvgIpc) is 2.85. The monoisotopic (exact) mass is 444 g/mol. The van der Waals surface area contributed by atoms with E-state index >= 15 is 0 Å². The predicted molar refractivity (Wildman–Crippen MR) is 138 cm³/mol. The first kappa shape index (κ1) is 24.7. The number of hydrogen-bond donors (Lipinski definition) is 0. The highest BCUT2D eigenvalue weighted by Crippen LogP contribution is 2.23. The number of allylic oxidation sites excluding steroid dienone is 1. The second kappa shape index (κ2) is 13.5. The molecule has 4 heteroatoms. The minimum atomic E-state index is 0.344. The first-order chi connectivity index (χ1) is 16.2. The molecule has 1 heterocycles. The minimum absolute atomic E-state index is 0.344. The molecule has 33 heavy (non-hydrogen) atoms. The molecule has 3 aromatic rings. The number of nitrogens with zero attached hydrogens (tertiary/aromatic N) is 2. The summed E-state index contributed by atoms with van der Waals surface area (Å²) in [7, 11) is 0. The molecule has 0 aliphatic rings. The molecule has 1 unspecified atom stereocenters. The Morgan fingerprint density at radius 1 is 1.03 bits per heavy atom. The smallest absolute Gasteiger partial charge is 0.119 e. The van der Waals surface area contributed by atoms with Gasteiger partial charge in [-0.1, -0.05) is 50.6 Å². The Kier molecular flexibility index (Phi) is 10.1. The number of benzene rings is 2. The highest BCUT2D eigenvalue weighted by atomic mass is 16.5. The summed E-state index contributed by atoms with van der Waals surface area (Å²) in [6.45, 7) is 9.45. The minimum Gasteiger partial charge on any atom is -0.490 e. The van der Waals surface area contributed by atoms with Crippen LogP contribution in [0.3, 0.4) is 0 Å². The third-order valence-corrected chi connectivity index (χ3v) is 5.53. The zero-order valence-electron chi connectivity index (χ0n) is 20.0. The van der Waals surface area contributed by atoms with Crippen molar-refractivity contribution in [2.75, 3.05) is 13.2 Å². The van der Waals surface area contributed by atoms with Crippen LogP contribution in [-0.4, -0.2) is 29.3 Å². The van der Waals surface area contributed by atoms with Crippen molar-refractivity contribution >= 4 is 17.1 Å². The van der Waals surface area contributed by atoms with Gasteiger partial charge >= 0.3 is 0 Å². The van der Waals surface area contributed by atoms with Gasteiger partial charge in [-0.25, -0.2) is 4.98 Å². The lowest BCUT2D eigenvalue weighted by molar-refractivity contribution is 0.0566. The van der Waals surface area contributed by atoms with E-state index < -0.39 is 0 Å². The fraction of sp³-hybridized carbons (Fsp3) is 0.379. The number of hydrogen-bond acceptors (Lipinski definition) is 4. The molecule has 174 valence electrons. The van der Waals surface area contributed by atoms with Crippen molar-refractivity contribution in [1.82, 2.24) is 9.97 Å². The molecule has 0 fully saturated rings. The molecule has 1 atom stereocenters. The Morgan fingerprint density at radius 3 is 2.67 bits per heavy atom. The first-order valence-corrected chi connectivity index (χ1v) is 12.1. The van der Waals surface area contributed by atoms with Crippen LogP contribution in [0.2, 0.25) is 0 Å². The number of aromatic nitrogens is 2. The van der Waals surface area contributed by atoms with Crippen LogP contribution in [0.5, 0.6) is 5.75 Å². The van der Waals surface area contributed by atoms with Crippen LogP contribution < -0.4 is 4.74 Å². The summed E-state index contributed by atoms with van der Waals surface area (Å²) in [4.78, 5) is 9.43. The van der Waals surface area contributed by atoms with Gasteiger partial charge in [-0.3, -0.25) is 4.98 Å². The average molecular weight is 445 g/mol. The topological polar surface area (TPSA) is 44.2 Å². The Balaban J connectivity index is 1.51. The van der Waals surface area contributed by atoms with Gasteiger partial charge in [0.2, 0.25) is 0 Å². The maximum atomic E-state index is 5.87. The molecular formula is C29H36N2O2. The normalized spacial score (nSPS) is 12.3. The van der Waals surface area contributed by atoms with Crippen LogP contribution in [0, 0.1) is 0 Å². The van der Waals surface area contributed by atoms with Gasteiger partial charge in [0.15, 0.2) is 0 Å². The lowest BCUT2D eigenvalue weighted by Crippen LogP contribution is -2.08. The predicted octanol–water partition coefficient (Wildman–Crippen LogP) is 7.64. The molecular weight excluding hydrogens is 408 g/mol. The van der Waals surface area contributed by atoms with Crippen LogP contribution in [0.4, 0.5) is 0 Å². The highest BCUT2D eigenvalue weighted by molar-refractivity contribution is 5.79. The molecule has 3 rings (SSSR count). The molecule has 0 radical (unpaired) electrons. The second-order valence-corrected chi connectivity index (χ2v) is 8.35. The van der Waals surface area contributed by atoms with E-state index in [2.05, 4.69) is 49.7 Å². The molecule has 4 nitrogen and oxygen atoms in total. The standard InChI is InChI=1S/C29H36N2O2/c1-4-6-10-20-32-23(3)11-8-7-9-12-24-13-18-27-28(21-24)30-22-29(31-27)25-14-16-26(17-15-25)33-19-5-2/h5,9,12-18,21-23H,2,4,6-8,10-11,19-20H2,1,3H3. The van der Waals surface area contributed by atoms with E-state index in [9.17, 15) is 0 Å². The van der Waals surface area contributed by atoms with E-state index in [1.165, 1.54) is 19.3 Å². The maximum Gasteiger partial charge on any atom is 0.119 e. The van der Waals surface area contributed by atoms with E-state index in [0.29, 0.717) is 12.7 Å². The molecule has 0 aliphatic carbocycles. The van der Waals surface area contributed by atoms with E-state index in [4.69, 9.17) is 14.5 Å². The molecule has 0 spiro atoms. The van der Waals surface area contributed by atoms with Gasteiger partial charge in [-0.15, -0.1) is 0 Å². The fourth-order valence-electron chi connectivity index (χ4n) is 3.61. The van der Waals surface area contributed by atoms with Crippen molar-refractivity contribution in [1.29, 1.82) is 0 Å². The third kappa shape index (κ3) is 8.14. The molecule has 0 saturated carbocycles. The number of ether oxygens (including phenoxy) is 2. The summed E-state index contributed by atoms with van der Waals surface area (Å²) in [6, 6.07) is 14.1. The summed E-state index contributed by atoms with van der Waals surface area (Å²) >= 11 is 0. The van der Waals surface area contributed by atoms with Gasteiger partial charge in [0.05, 0.1) is 29.0 Å². The number of unbranched alkanes of at least 4 members (excludes halogenated alkanes) is 3. The summed E-state index contributed by atoms with van der Waals surface area (Å²) < 4.78 is 11.4. The Labute approximate surface area is 198 Å². The molecule has 1 aromatic heterocycles. The summed E-state index contributed by atoms with van der Waals surface area (Å²) in [5, 5.41) is 0. The molecule has 0 aliphatic heterocycles. The van der Waals surface area contributed by atoms with Crippen molar-refractivity contribution < 1.29 is 9.47 Å². The largest absolute Gasteiger partial charge is 0.490 e. The first-order valence-electron chi connectivity index (χ1n) is 12.1. The summed E-state index contributed by atoms with van der Waals surface area (Å²) in [5.41, 5.74) is 4.82. The molecule has 2 aromatic carbocycles. The van der Waals surface area contributed by atoms with Gasteiger partial charge in [0.1, 0.15) is 12.4 Å². The second-order valence-electron chi connectivity index (χ2n) is 8.35. The maximum absolute atomic E-state index is 5.87. The van der Waals surface area contributed by atoms with Crippen LogP contribution in [-0.2, 0) is 4.74 Å². The van der Waals surface area contributed by atoms with Crippen LogP contribution in [0.15, 0.2) is 67.4 Å². The summed E-state index contributed by atoms with van der Waals surface area (Å²) in [6.07, 6.45) is 15.3. The van der Waals surface area contributed by atoms with Crippen molar-refractivity contribution in [3.8, 4) is 17.0 Å². The Morgan fingerprint density at radius 2 is 1.88 bits per heavy atom. The lowest BCUT2D eigenvalue weighted by Gasteiger charge is -2.12. The van der Waals surface area contributed by atoms with Gasteiger partial charge in [-0.05, 0) is 74.6 Å². The van der Waals surface area contributed by atoms with Gasteiger partial charge in [-0.2, -0.15) is 0 Å². The van der Waals surface area contributed by atoms with E-state index in [1.807, 2.05) is 36.5 Å². The van der Waals surface area contributed by atoms with Crippen molar-refractivity contribution in [3.63, 3.8) is 0 Å². The van der Waals surface area contributed by atoms with E-state index in [0.717, 1.165) is 59.5 Å². The Hall–Kier alpha value is -2.98. The molecule has 0 bridgehead atoms. The quantitative estimate of drug-likeness (QED) is 0.189. The highest BCUT2D eigenvalue weighted by Gasteiger charge is 2.04. The van der Waals surface area contributed by atoms with Crippen molar-refractivity contribution in [2.45, 2.75) is 58.5 Å². The fourth-order valence-corrected chi connectivity index (χ4v) is 3.61. The summed E-state index contributed by atoms with van der Waals surface area (Å²) in [5.74, 6) is 0.817. The SMILES string of the molecule is C=CCOc1ccc(-c2cnc3cc(C=CCCCC(C)OCCCCC)ccc3n2)cc1. The molecule has 0 amide bonds. The molecule has 0 saturated heterocycles. The van der Waals surface area contributed by atoms with Crippen LogP contribution >= 0.6 is 0 Å². The van der Waals surface area contributed by atoms with Gasteiger partial charge in [0, 0.05) is 12.2 Å². The van der Waals surface area contributed by atoms with Crippen LogP contribution in [0.1, 0.15) is 57.9 Å². The van der Waals surface area contributed by atoms with E-state index in [1.54, 1.807) is 6.08 Å². The Bertz CT molecular complexity index is 1030. The zero-order chi connectivity index (χ0) is 23.3. The third-order valence-electron chi connectivity index (χ3n) is 5.53. The van der Waals surface area contributed by atoms with Gasteiger partial charge in [0.25, 0.3) is 0 Å². The molecule has 0 N–H and O–H groups in total. The lowest BCUT2D eigenvalue weighted by atomic mass is 10.1. The van der Waals surface area contributed by atoms with Crippen LogP contribution in [0.25, 0.3) is 28.4 Å². The van der Waals surface area contributed by atoms with Gasteiger partial charge < -0.3 is 9.47 Å². The van der Waals surface area contributed by atoms with Crippen molar-refractivity contribution in [2.24, 2.45) is 0 Å². The number of fused-ring (bicyclic) bond motifs is 1.